The van der Waals surface area contributed by atoms with E-state index in [1.54, 1.807) is 30.0 Å². The van der Waals surface area contributed by atoms with Gasteiger partial charge in [-0.25, -0.2) is 4.98 Å². The molecule has 2 aromatic rings. The van der Waals surface area contributed by atoms with Crippen molar-refractivity contribution in [3.8, 4) is 0 Å². The molecule has 0 radical (unpaired) electrons. The number of nitrogens with zero attached hydrogens (tertiary/aromatic N) is 2. The van der Waals surface area contributed by atoms with Gasteiger partial charge in [0.2, 0.25) is 0 Å². The molecule has 0 aliphatic carbocycles. The molecule has 2 N–H and O–H groups in total. The van der Waals surface area contributed by atoms with Gasteiger partial charge in [0.1, 0.15) is 5.82 Å². The first-order valence-electron chi connectivity index (χ1n) is 6.15. The van der Waals surface area contributed by atoms with E-state index >= 15 is 0 Å². The molecule has 0 aromatic carbocycles. The van der Waals surface area contributed by atoms with Gasteiger partial charge < -0.3 is 10.6 Å². The van der Waals surface area contributed by atoms with Gasteiger partial charge in [0.25, 0.3) is 5.91 Å². The third-order valence-electron chi connectivity index (χ3n) is 2.50. The third kappa shape index (κ3) is 3.75. The van der Waals surface area contributed by atoms with Gasteiger partial charge in [-0.05, 0) is 18.6 Å². The fraction of sp³-hybridized carbons (Fsp3) is 0.308. The van der Waals surface area contributed by atoms with Crippen molar-refractivity contribution >= 4 is 23.1 Å². The Hall–Kier alpha value is -1.95. The zero-order valence-corrected chi connectivity index (χ0v) is 11.5. The number of hydrogen-bond acceptors (Lipinski definition) is 5. The van der Waals surface area contributed by atoms with Crippen LogP contribution in [0, 0.1) is 0 Å². The van der Waals surface area contributed by atoms with Crippen LogP contribution in [0.4, 0.5) is 5.82 Å². The van der Waals surface area contributed by atoms with Crippen molar-refractivity contribution in [2.45, 2.75) is 19.9 Å². The summed E-state index contributed by atoms with van der Waals surface area (Å²) >= 11 is 1.52. The topological polar surface area (TPSA) is 66.9 Å². The van der Waals surface area contributed by atoms with Gasteiger partial charge >= 0.3 is 0 Å². The predicted molar refractivity (Wildman–Crippen MR) is 76.3 cm³/mol. The van der Waals surface area contributed by atoms with Gasteiger partial charge in [0.05, 0.1) is 17.6 Å². The van der Waals surface area contributed by atoms with Crippen LogP contribution in [0.15, 0.2) is 30.0 Å². The van der Waals surface area contributed by atoms with Crippen molar-refractivity contribution in [2.24, 2.45) is 0 Å². The SMILES string of the molecule is CCCNc1ncccc1C(=O)NCc1cncs1. The molecular weight excluding hydrogens is 260 g/mol. The van der Waals surface area contributed by atoms with Crippen molar-refractivity contribution in [3.63, 3.8) is 0 Å². The van der Waals surface area contributed by atoms with Gasteiger partial charge in [-0.15, -0.1) is 11.3 Å². The zero-order valence-electron chi connectivity index (χ0n) is 10.7. The van der Waals surface area contributed by atoms with E-state index in [1.807, 2.05) is 0 Å². The summed E-state index contributed by atoms with van der Waals surface area (Å²) in [6, 6.07) is 3.53. The maximum atomic E-state index is 12.1. The highest BCUT2D eigenvalue weighted by molar-refractivity contribution is 7.09. The number of nitrogens with one attached hydrogen (secondary N) is 2. The fourth-order valence-corrected chi connectivity index (χ4v) is 2.10. The molecule has 0 unspecified atom stereocenters. The lowest BCUT2D eigenvalue weighted by Gasteiger charge is -2.09. The molecule has 0 aliphatic rings. The molecule has 0 saturated heterocycles. The summed E-state index contributed by atoms with van der Waals surface area (Å²) in [7, 11) is 0. The quantitative estimate of drug-likeness (QED) is 0.849. The van der Waals surface area contributed by atoms with Crippen molar-refractivity contribution in [3.05, 3.63) is 40.5 Å². The van der Waals surface area contributed by atoms with Crippen LogP contribution < -0.4 is 10.6 Å². The molecule has 19 heavy (non-hydrogen) atoms. The molecular formula is C13H16N4OS. The Labute approximate surface area is 116 Å². The number of anilines is 1. The van der Waals surface area contributed by atoms with E-state index in [1.165, 1.54) is 11.3 Å². The van der Waals surface area contributed by atoms with Crippen LogP contribution in [-0.4, -0.2) is 22.4 Å². The van der Waals surface area contributed by atoms with Crippen LogP contribution in [0.25, 0.3) is 0 Å². The smallest absolute Gasteiger partial charge is 0.255 e. The third-order valence-corrected chi connectivity index (χ3v) is 3.28. The van der Waals surface area contributed by atoms with Gasteiger partial charge in [-0.3, -0.25) is 9.78 Å². The standard InChI is InChI=1S/C13H16N4OS/c1-2-5-15-12-11(4-3-6-16-12)13(18)17-8-10-7-14-9-19-10/h3-4,6-7,9H,2,5,8H2,1H3,(H,15,16)(H,17,18). The second kappa shape index (κ2) is 6.84. The highest BCUT2D eigenvalue weighted by atomic mass is 32.1. The van der Waals surface area contributed by atoms with Gasteiger partial charge in [-0.2, -0.15) is 0 Å². The normalized spacial score (nSPS) is 10.2. The van der Waals surface area contributed by atoms with E-state index in [4.69, 9.17) is 0 Å². The van der Waals surface area contributed by atoms with Gasteiger partial charge in [0.15, 0.2) is 0 Å². The van der Waals surface area contributed by atoms with Crippen LogP contribution >= 0.6 is 11.3 Å². The maximum absolute atomic E-state index is 12.1. The highest BCUT2D eigenvalue weighted by Gasteiger charge is 2.11. The fourth-order valence-electron chi connectivity index (χ4n) is 1.56. The Balaban J connectivity index is 2.01. The average molecular weight is 276 g/mol. The Bertz CT molecular complexity index is 527. The Kier molecular flexibility index (Phi) is 4.85. The Morgan fingerprint density at radius 1 is 1.47 bits per heavy atom. The zero-order chi connectivity index (χ0) is 13.5. The largest absolute Gasteiger partial charge is 0.369 e. The van der Waals surface area contributed by atoms with Crippen LogP contribution in [0.1, 0.15) is 28.6 Å². The minimum atomic E-state index is -0.125. The number of carbonyl (C=O) groups excluding carboxylic acids is 1. The minimum absolute atomic E-state index is 0.125. The Morgan fingerprint density at radius 3 is 3.11 bits per heavy atom. The highest BCUT2D eigenvalue weighted by Crippen LogP contribution is 2.12. The van der Waals surface area contributed by atoms with Crippen molar-refractivity contribution in [2.75, 3.05) is 11.9 Å². The molecule has 1 amide bonds. The molecule has 2 heterocycles. The summed E-state index contributed by atoms with van der Waals surface area (Å²) in [5, 5.41) is 6.02. The lowest BCUT2D eigenvalue weighted by Crippen LogP contribution is -2.24. The second-order valence-corrected chi connectivity index (χ2v) is 4.95. The first-order valence-corrected chi connectivity index (χ1v) is 7.03. The van der Waals surface area contributed by atoms with Crippen LogP contribution in [-0.2, 0) is 6.54 Å². The first-order chi connectivity index (χ1) is 9.31. The molecule has 100 valence electrons. The first kappa shape index (κ1) is 13.5. The summed E-state index contributed by atoms with van der Waals surface area (Å²) in [6.45, 7) is 3.36. The lowest BCUT2D eigenvalue weighted by molar-refractivity contribution is 0.0952. The monoisotopic (exact) mass is 276 g/mol. The summed E-state index contributed by atoms with van der Waals surface area (Å²) in [5.74, 6) is 0.506. The van der Waals surface area contributed by atoms with Crippen LogP contribution in [0.3, 0.4) is 0 Å². The van der Waals surface area contributed by atoms with Crippen LogP contribution in [0.5, 0.6) is 0 Å². The number of hydrogen-bond donors (Lipinski definition) is 2. The molecule has 0 spiro atoms. The maximum Gasteiger partial charge on any atom is 0.255 e. The van der Waals surface area contributed by atoms with E-state index < -0.39 is 0 Å². The lowest BCUT2D eigenvalue weighted by atomic mass is 10.2. The summed E-state index contributed by atoms with van der Waals surface area (Å²) in [6.07, 6.45) is 4.42. The van der Waals surface area contributed by atoms with Crippen LogP contribution in [0.2, 0.25) is 0 Å². The van der Waals surface area contributed by atoms with E-state index in [2.05, 4.69) is 27.5 Å². The van der Waals surface area contributed by atoms with E-state index in [0.29, 0.717) is 17.9 Å². The molecule has 0 saturated carbocycles. The number of thiazole rings is 1. The molecule has 2 rings (SSSR count). The number of amides is 1. The van der Waals surface area contributed by atoms with Crippen molar-refractivity contribution < 1.29 is 4.79 Å². The molecule has 0 aliphatic heterocycles. The van der Waals surface area contributed by atoms with E-state index in [9.17, 15) is 4.79 Å². The molecule has 0 fully saturated rings. The summed E-state index contributed by atoms with van der Waals surface area (Å²) in [5.41, 5.74) is 2.32. The number of rotatable bonds is 6. The minimum Gasteiger partial charge on any atom is -0.369 e. The summed E-state index contributed by atoms with van der Waals surface area (Å²) < 4.78 is 0. The molecule has 6 heteroatoms. The number of carbonyl (C=O) groups is 1. The van der Waals surface area contributed by atoms with E-state index in [-0.39, 0.29) is 5.91 Å². The molecule has 2 aromatic heterocycles. The summed E-state index contributed by atoms with van der Waals surface area (Å²) in [4.78, 5) is 21.3. The molecule has 0 atom stereocenters. The second-order valence-electron chi connectivity index (χ2n) is 3.98. The van der Waals surface area contributed by atoms with Gasteiger partial charge in [0, 0.05) is 23.8 Å². The molecule has 0 bridgehead atoms. The molecule has 5 nitrogen and oxygen atoms in total. The van der Waals surface area contributed by atoms with Crippen molar-refractivity contribution in [1.29, 1.82) is 0 Å². The predicted octanol–water partition coefficient (Wildman–Crippen LogP) is 2.29. The average Bonchev–Trinajstić information content (AvgIpc) is 2.96. The number of pyridine rings is 1. The Morgan fingerprint density at radius 2 is 2.37 bits per heavy atom. The number of aromatic nitrogens is 2. The van der Waals surface area contributed by atoms with E-state index in [0.717, 1.165) is 17.8 Å². The van der Waals surface area contributed by atoms with Gasteiger partial charge in [-0.1, -0.05) is 6.92 Å². The van der Waals surface area contributed by atoms with Crippen molar-refractivity contribution in [1.82, 2.24) is 15.3 Å².